The van der Waals surface area contributed by atoms with E-state index in [0.717, 1.165) is 23.1 Å². The quantitative estimate of drug-likeness (QED) is 0.737. The molecule has 3 nitrogen and oxygen atoms in total. The number of aryl methyl sites for hydroxylation is 2. The molecule has 1 atom stereocenters. The maximum Gasteiger partial charge on any atom is 0.265 e. The Balaban J connectivity index is 1.64. The van der Waals surface area contributed by atoms with Gasteiger partial charge in [0.25, 0.3) is 5.91 Å². The van der Waals surface area contributed by atoms with Gasteiger partial charge >= 0.3 is 0 Å². The van der Waals surface area contributed by atoms with Gasteiger partial charge in [-0.3, -0.25) is 4.79 Å². The summed E-state index contributed by atoms with van der Waals surface area (Å²) in [5.74, 6) is 0.540. The van der Waals surface area contributed by atoms with Crippen LogP contribution in [0.1, 0.15) is 30.9 Å². The molecule has 0 saturated carbocycles. The van der Waals surface area contributed by atoms with Gasteiger partial charge in [-0.05, 0) is 90.0 Å². The van der Waals surface area contributed by atoms with Crippen LogP contribution >= 0.6 is 27.5 Å². The molecule has 0 fully saturated rings. The normalized spacial score (nSPS) is 14.6. The van der Waals surface area contributed by atoms with Crippen LogP contribution in [0.15, 0.2) is 40.9 Å². The predicted molar refractivity (Wildman–Crippen MR) is 101 cm³/mol. The number of benzene rings is 2. The average Bonchev–Trinajstić information content (AvgIpc) is 2.58. The standard InChI is InChI=1S/C19H19BrClNO2/c1-12(19(23)22-15-7-9-17(20)18(21)11-15)24-16-8-6-13-4-2-3-5-14(13)10-16/h6-12H,2-5H2,1H3,(H,22,23)/t12-/m1/s1. The van der Waals surface area contributed by atoms with Crippen LogP contribution in [-0.2, 0) is 17.6 Å². The summed E-state index contributed by atoms with van der Waals surface area (Å²) in [6, 6.07) is 11.4. The van der Waals surface area contributed by atoms with E-state index < -0.39 is 6.10 Å². The van der Waals surface area contributed by atoms with Gasteiger partial charge in [0.05, 0.1) is 5.02 Å². The molecule has 0 spiro atoms. The molecular formula is C19H19BrClNO2. The van der Waals surface area contributed by atoms with E-state index in [1.807, 2.05) is 6.07 Å². The third-order valence-corrected chi connectivity index (χ3v) is 5.42. The molecule has 0 saturated heterocycles. The number of anilines is 1. The molecule has 5 heteroatoms. The Bertz CT molecular complexity index is 763. The molecule has 2 aromatic rings. The second-order valence-corrected chi connectivity index (χ2v) is 7.28. The Labute approximate surface area is 155 Å². The Morgan fingerprint density at radius 3 is 2.67 bits per heavy atom. The van der Waals surface area contributed by atoms with Crippen LogP contribution in [0.3, 0.4) is 0 Å². The first kappa shape index (κ1) is 17.3. The van der Waals surface area contributed by atoms with Gasteiger partial charge in [-0.1, -0.05) is 17.7 Å². The molecule has 24 heavy (non-hydrogen) atoms. The summed E-state index contributed by atoms with van der Waals surface area (Å²) in [6.45, 7) is 1.75. The van der Waals surface area contributed by atoms with Crippen LogP contribution in [0.2, 0.25) is 5.02 Å². The summed E-state index contributed by atoms with van der Waals surface area (Å²) in [5.41, 5.74) is 3.38. The monoisotopic (exact) mass is 407 g/mol. The number of halogens is 2. The highest BCUT2D eigenvalue weighted by Crippen LogP contribution is 2.27. The van der Waals surface area contributed by atoms with Crippen molar-refractivity contribution in [2.24, 2.45) is 0 Å². The Morgan fingerprint density at radius 1 is 1.17 bits per heavy atom. The van der Waals surface area contributed by atoms with Crippen LogP contribution in [0.4, 0.5) is 5.69 Å². The van der Waals surface area contributed by atoms with Gasteiger partial charge in [0.2, 0.25) is 0 Å². The van der Waals surface area contributed by atoms with E-state index in [1.165, 1.54) is 24.0 Å². The zero-order chi connectivity index (χ0) is 17.1. The molecule has 3 rings (SSSR count). The van der Waals surface area contributed by atoms with E-state index in [9.17, 15) is 4.79 Å². The minimum atomic E-state index is -0.589. The second kappa shape index (κ2) is 7.58. The number of hydrogen-bond acceptors (Lipinski definition) is 2. The van der Waals surface area contributed by atoms with Crippen molar-refractivity contribution in [3.05, 3.63) is 57.0 Å². The number of fused-ring (bicyclic) bond motifs is 1. The van der Waals surface area contributed by atoms with Crippen LogP contribution in [-0.4, -0.2) is 12.0 Å². The van der Waals surface area contributed by atoms with Crippen molar-refractivity contribution in [2.75, 3.05) is 5.32 Å². The van der Waals surface area contributed by atoms with Crippen LogP contribution in [0.25, 0.3) is 0 Å². The lowest BCUT2D eigenvalue weighted by molar-refractivity contribution is -0.122. The van der Waals surface area contributed by atoms with Crippen molar-refractivity contribution in [3.63, 3.8) is 0 Å². The highest BCUT2D eigenvalue weighted by molar-refractivity contribution is 9.10. The molecule has 126 valence electrons. The van der Waals surface area contributed by atoms with E-state index in [0.29, 0.717) is 10.7 Å². The lowest BCUT2D eigenvalue weighted by Crippen LogP contribution is -2.30. The fourth-order valence-electron chi connectivity index (χ4n) is 2.86. The number of carbonyl (C=O) groups is 1. The van der Waals surface area contributed by atoms with Gasteiger partial charge in [0.15, 0.2) is 6.10 Å². The van der Waals surface area contributed by atoms with E-state index in [4.69, 9.17) is 16.3 Å². The van der Waals surface area contributed by atoms with Gasteiger partial charge in [0, 0.05) is 10.2 Å². The number of amides is 1. The van der Waals surface area contributed by atoms with Gasteiger partial charge in [-0.25, -0.2) is 0 Å². The molecule has 0 radical (unpaired) electrons. The number of carbonyl (C=O) groups excluding carboxylic acids is 1. The van der Waals surface area contributed by atoms with Crippen molar-refractivity contribution >= 4 is 39.1 Å². The zero-order valence-electron chi connectivity index (χ0n) is 13.4. The van der Waals surface area contributed by atoms with E-state index in [-0.39, 0.29) is 5.91 Å². The summed E-state index contributed by atoms with van der Waals surface area (Å²) in [6.07, 6.45) is 4.10. The number of nitrogens with one attached hydrogen (secondary N) is 1. The van der Waals surface area contributed by atoms with Gasteiger partial charge < -0.3 is 10.1 Å². The number of ether oxygens (including phenoxy) is 1. The Kier molecular flexibility index (Phi) is 5.47. The summed E-state index contributed by atoms with van der Waals surface area (Å²) < 4.78 is 6.61. The highest BCUT2D eigenvalue weighted by atomic mass is 79.9. The molecule has 0 unspecified atom stereocenters. The third-order valence-electron chi connectivity index (χ3n) is 4.19. The molecule has 1 amide bonds. The molecule has 0 heterocycles. The molecule has 2 aromatic carbocycles. The summed E-state index contributed by atoms with van der Waals surface area (Å²) in [5, 5.41) is 3.38. The Morgan fingerprint density at radius 2 is 1.92 bits per heavy atom. The zero-order valence-corrected chi connectivity index (χ0v) is 15.8. The number of hydrogen-bond donors (Lipinski definition) is 1. The highest BCUT2D eigenvalue weighted by Gasteiger charge is 2.17. The van der Waals surface area contributed by atoms with Crippen LogP contribution < -0.4 is 10.1 Å². The molecule has 0 aromatic heterocycles. The average molecular weight is 409 g/mol. The molecule has 0 aliphatic heterocycles. The van der Waals surface area contributed by atoms with E-state index in [2.05, 4.69) is 33.4 Å². The number of rotatable bonds is 4. The largest absolute Gasteiger partial charge is 0.481 e. The topological polar surface area (TPSA) is 38.3 Å². The van der Waals surface area contributed by atoms with Crippen molar-refractivity contribution < 1.29 is 9.53 Å². The molecule has 1 aliphatic rings. The summed E-state index contributed by atoms with van der Waals surface area (Å²) >= 11 is 9.37. The first-order valence-corrected chi connectivity index (χ1v) is 9.24. The first-order valence-electron chi connectivity index (χ1n) is 8.07. The molecule has 1 aliphatic carbocycles. The van der Waals surface area contributed by atoms with Crippen LogP contribution in [0.5, 0.6) is 5.75 Å². The van der Waals surface area contributed by atoms with Crippen molar-refractivity contribution in [1.82, 2.24) is 0 Å². The van der Waals surface area contributed by atoms with Gasteiger partial charge in [0.1, 0.15) is 5.75 Å². The SMILES string of the molecule is C[C@@H](Oc1ccc2c(c1)CCCC2)C(=O)Nc1ccc(Br)c(Cl)c1. The second-order valence-electron chi connectivity index (χ2n) is 6.02. The van der Waals surface area contributed by atoms with Crippen molar-refractivity contribution in [2.45, 2.75) is 38.7 Å². The lowest BCUT2D eigenvalue weighted by Gasteiger charge is -2.19. The van der Waals surface area contributed by atoms with Gasteiger partial charge in [-0.2, -0.15) is 0 Å². The van der Waals surface area contributed by atoms with Crippen molar-refractivity contribution in [3.8, 4) is 5.75 Å². The van der Waals surface area contributed by atoms with Gasteiger partial charge in [-0.15, -0.1) is 0 Å². The first-order chi connectivity index (χ1) is 11.5. The molecular weight excluding hydrogens is 390 g/mol. The van der Waals surface area contributed by atoms with E-state index in [1.54, 1.807) is 25.1 Å². The summed E-state index contributed by atoms with van der Waals surface area (Å²) in [4.78, 5) is 12.3. The fourth-order valence-corrected chi connectivity index (χ4v) is 3.29. The maximum absolute atomic E-state index is 12.3. The van der Waals surface area contributed by atoms with Crippen LogP contribution in [0, 0.1) is 0 Å². The minimum absolute atomic E-state index is 0.203. The minimum Gasteiger partial charge on any atom is -0.481 e. The third kappa shape index (κ3) is 4.11. The smallest absolute Gasteiger partial charge is 0.265 e. The maximum atomic E-state index is 12.3. The lowest BCUT2D eigenvalue weighted by atomic mass is 9.92. The summed E-state index contributed by atoms with van der Waals surface area (Å²) in [7, 11) is 0. The fraction of sp³-hybridized carbons (Fsp3) is 0.316. The van der Waals surface area contributed by atoms with Crippen molar-refractivity contribution in [1.29, 1.82) is 0 Å². The Hall–Kier alpha value is -1.52. The molecule has 1 N–H and O–H groups in total. The van der Waals surface area contributed by atoms with E-state index >= 15 is 0 Å². The predicted octanol–water partition coefficient (Wildman–Crippen LogP) is 5.39. The molecule has 0 bridgehead atoms.